The number of carbonyl (C=O) groups is 2. The SMILES string of the molecule is COC(=O)C(C(=O)OC)=C(N)/C=C(\c1ccc(Br)cc1)C(C)(C)C. The first-order chi connectivity index (χ1) is 11.1. The zero-order valence-corrected chi connectivity index (χ0v) is 16.1. The van der Waals surface area contributed by atoms with E-state index in [-0.39, 0.29) is 16.7 Å². The third-order valence-corrected chi connectivity index (χ3v) is 3.86. The predicted molar refractivity (Wildman–Crippen MR) is 96.8 cm³/mol. The quantitative estimate of drug-likeness (QED) is 0.277. The lowest BCUT2D eigenvalue weighted by molar-refractivity contribution is -0.144. The molecule has 0 saturated heterocycles. The van der Waals surface area contributed by atoms with Gasteiger partial charge < -0.3 is 15.2 Å². The average molecular weight is 396 g/mol. The highest BCUT2D eigenvalue weighted by molar-refractivity contribution is 9.10. The number of hydrogen-bond donors (Lipinski definition) is 1. The number of carbonyl (C=O) groups excluding carboxylic acids is 2. The molecule has 0 saturated carbocycles. The lowest BCUT2D eigenvalue weighted by Crippen LogP contribution is -2.21. The van der Waals surface area contributed by atoms with Crippen LogP contribution in [0.4, 0.5) is 0 Å². The van der Waals surface area contributed by atoms with Crippen molar-refractivity contribution in [3.05, 3.63) is 51.6 Å². The first kappa shape index (κ1) is 20.0. The Morgan fingerprint density at radius 3 is 1.88 bits per heavy atom. The molecule has 6 heteroatoms. The fraction of sp³-hybridized carbons (Fsp3) is 0.333. The minimum atomic E-state index is -0.834. The van der Waals surface area contributed by atoms with E-state index in [1.54, 1.807) is 6.08 Å². The predicted octanol–water partition coefficient (Wildman–Crippen LogP) is 3.44. The van der Waals surface area contributed by atoms with Crippen LogP contribution >= 0.6 is 15.9 Å². The van der Waals surface area contributed by atoms with Gasteiger partial charge in [0.25, 0.3) is 0 Å². The van der Waals surface area contributed by atoms with Crippen molar-refractivity contribution in [3.8, 4) is 0 Å². The van der Waals surface area contributed by atoms with Crippen molar-refractivity contribution >= 4 is 33.4 Å². The van der Waals surface area contributed by atoms with Crippen LogP contribution in [0.3, 0.4) is 0 Å². The molecule has 0 aliphatic carbocycles. The van der Waals surface area contributed by atoms with E-state index in [0.29, 0.717) is 0 Å². The minimum absolute atomic E-state index is 0.00143. The number of allylic oxidation sites excluding steroid dienone is 2. The molecule has 0 amide bonds. The normalized spacial score (nSPS) is 11.7. The molecule has 0 aliphatic rings. The van der Waals surface area contributed by atoms with Crippen LogP contribution in [0.5, 0.6) is 0 Å². The van der Waals surface area contributed by atoms with Gasteiger partial charge in [0.15, 0.2) is 5.57 Å². The number of rotatable bonds is 4. The molecule has 130 valence electrons. The summed E-state index contributed by atoms with van der Waals surface area (Å²) in [5.41, 5.74) is 7.25. The van der Waals surface area contributed by atoms with Gasteiger partial charge in [-0.3, -0.25) is 0 Å². The van der Waals surface area contributed by atoms with E-state index < -0.39 is 11.9 Å². The van der Waals surface area contributed by atoms with E-state index in [1.165, 1.54) is 14.2 Å². The van der Waals surface area contributed by atoms with Crippen molar-refractivity contribution in [3.63, 3.8) is 0 Å². The average Bonchev–Trinajstić information content (AvgIpc) is 2.52. The summed E-state index contributed by atoms with van der Waals surface area (Å²) in [7, 11) is 2.36. The van der Waals surface area contributed by atoms with Gasteiger partial charge in [-0.1, -0.05) is 48.8 Å². The molecule has 0 unspecified atom stereocenters. The van der Waals surface area contributed by atoms with Gasteiger partial charge >= 0.3 is 11.9 Å². The zero-order valence-electron chi connectivity index (χ0n) is 14.5. The molecule has 0 aliphatic heterocycles. The summed E-state index contributed by atoms with van der Waals surface area (Å²) < 4.78 is 10.2. The summed E-state index contributed by atoms with van der Waals surface area (Å²) in [5, 5.41) is 0. The number of nitrogens with two attached hydrogens (primary N) is 1. The lowest BCUT2D eigenvalue weighted by atomic mass is 9.81. The molecule has 0 bridgehead atoms. The Bertz CT molecular complexity index is 664. The first-order valence-electron chi connectivity index (χ1n) is 7.26. The Hall–Kier alpha value is -2.08. The Labute approximate surface area is 150 Å². The molecule has 1 rings (SSSR count). The number of halogens is 1. The number of hydrogen-bond acceptors (Lipinski definition) is 5. The van der Waals surface area contributed by atoms with Crippen LogP contribution in [0.1, 0.15) is 26.3 Å². The maximum absolute atomic E-state index is 11.9. The van der Waals surface area contributed by atoms with Gasteiger partial charge in [0.1, 0.15) is 0 Å². The largest absolute Gasteiger partial charge is 0.465 e. The third kappa shape index (κ3) is 4.96. The number of methoxy groups -OCH3 is 2. The second kappa shape index (κ2) is 8.15. The van der Waals surface area contributed by atoms with Crippen LogP contribution in [-0.2, 0) is 19.1 Å². The van der Waals surface area contributed by atoms with Gasteiger partial charge in [-0.2, -0.15) is 0 Å². The van der Waals surface area contributed by atoms with E-state index in [9.17, 15) is 9.59 Å². The number of ether oxygens (including phenoxy) is 2. The summed E-state index contributed by atoms with van der Waals surface area (Å²) in [4.78, 5) is 23.7. The summed E-state index contributed by atoms with van der Waals surface area (Å²) in [6.45, 7) is 6.05. The molecule has 0 spiro atoms. The monoisotopic (exact) mass is 395 g/mol. The van der Waals surface area contributed by atoms with Gasteiger partial charge in [0, 0.05) is 4.47 Å². The molecule has 24 heavy (non-hydrogen) atoms. The summed E-state index contributed by atoms with van der Waals surface area (Å²) in [6, 6.07) is 7.70. The molecule has 0 radical (unpaired) electrons. The second-order valence-electron chi connectivity index (χ2n) is 6.13. The van der Waals surface area contributed by atoms with Crippen LogP contribution in [0, 0.1) is 5.41 Å². The van der Waals surface area contributed by atoms with Crippen LogP contribution < -0.4 is 5.73 Å². The number of esters is 2. The maximum atomic E-state index is 11.9. The fourth-order valence-electron chi connectivity index (χ4n) is 2.11. The molecular formula is C18H22BrNO4. The van der Waals surface area contributed by atoms with E-state index in [1.807, 2.05) is 45.0 Å². The van der Waals surface area contributed by atoms with Gasteiger partial charge in [-0.05, 0) is 34.8 Å². The minimum Gasteiger partial charge on any atom is -0.465 e. The summed E-state index contributed by atoms with van der Waals surface area (Å²) in [6.07, 6.45) is 1.62. The summed E-state index contributed by atoms with van der Waals surface area (Å²) >= 11 is 3.40. The van der Waals surface area contributed by atoms with Gasteiger partial charge in [0.2, 0.25) is 0 Å². The molecule has 0 heterocycles. The Morgan fingerprint density at radius 1 is 1.04 bits per heavy atom. The maximum Gasteiger partial charge on any atom is 0.347 e. The van der Waals surface area contributed by atoms with Crippen molar-refractivity contribution in [2.75, 3.05) is 14.2 Å². The third-order valence-electron chi connectivity index (χ3n) is 3.33. The topological polar surface area (TPSA) is 78.6 Å². The molecule has 5 nitrogen and oxygen atoms in total. The van der Waals surface area contributed by atoms with Crippen molar-refractivity contribution in [2.24, 2.45) is 11.1 Å². The zero-order chi connectivity index (χ0) is 18.5. The lowest BCUT2D eigenvalue weighted by Gasteiger charge is -2.24. The first-order valence-corrected chi connectivity index (χ1v) is 8.05. The van der Waals surface area contributed by atoms with Crippen LogP contribution in [0.15, 0.2) is 46.1 Å². The van der Waals surface area contributed by atoms with Gasteiger partial charge in [-0.25, -0.2) is 9.59 Å². The van der Waals surface area contributed by atoms with E-state index in [2.05, 4.69) is 25.4 Å². The molecule has 1 aromatic carbocycles. The van der Waals surface area contributed by atoms with Crippen molar-refractivity contribution in [1.82, 2.24) is 0 Å². The Morgan fingerprint density at radius 2 is 1.50 bits per heavy atom. The van der Waals surface area contributed by atoms with E-state index in [4.69, 9.17) is 5.73 Å². The number of benzene rings is 1. The smallest absolute Gasteiger partial charge is 0.347 e. The highest BCUT2D eigenvalue weighted by Crippen LogP contribution is 2.35. The van der Waals surface area contributed by atoms with Crippen LogP contribution in [-0.4, -0.2) is 26.2 Å². The van der Waals surface area contributed by atoms with Gasteiger partial charge in [-0.15, -0.1) is 0 Å². The van der Waals surface area contributed by atoms with Gasteiger partial charge in [0.05, 0.1) is 19.9 Å². The highest BCUT2D eigenvalue weighted by Gasteiger charge is 2.25. The molecule has 0 aromatic heterocycles. The molecule has 1 aromatic rings. The van der Waals surface area contributed by atoms with Crippen LogP contribution in [0.25, 0.3) is 5.57 Å². The molecular weight excluding hydrogens is 374 g/mol. The van der Waals surface area contributed by atoms with Crippen LogP contribution in [0.2, 0.25) is 0 Å². The van der Waals surface area contributed by atoms with E-state index >= 15 is 0 Å². The Kier molecular flexibility index (Phi) is 6.78. The summed E-state index contributed by atoms with van der Waals surface area (Å²) in [5.74, 6) is -1.67. The Balaban J connectivity index is 3.55. The molecule has 2 N–H and O–H groups in total. The molecule has 0 atom stereocenters. The standard InChI is InChI=1S/C18H22BrNO4/c1-18(2,3)13(11-6-8-12(19)9-7-11)10-14(20)15(16(21)23-4)17(22)24-5/h6-10H,20H2,1-5H3/b13-10+. The van der Waals surface area contributed by atoms with Crippen molar-refractivity contribution in [2.45, 2.75) is 20.8 Å². The second-order valence-corrected chi connectivity index (χ2v) is 7.04. The fourth-order valence-corrected chi connectivity index (χ4v) is 2.38. The van der Waals surface area contributed by atoms with Crippen molar-refractivity contribution < 1.29 is 19.1 Å². The highest BCUT2D eigenvalue weighted by atomic mass is 79.9. The van der Waals surface area contributed by atoms with E-state index in [0.717, 1.165) is 15.6 Å². The van der Waals surface area contributed by atoms with Crippen molar-refractivity contribution in [1.29, 1.82) is 0 Å². The molecule has 0 fully saturated rings.